The van der Waals surface area contributed by atoms with E-state index in [-0.39, 0.29) is 12.7 Å². The van der Waals surface area contributed by atoms with Crippen LogP contribution in [-0.2, 0) is 16.1 Å². The Hall–Kier alpha value is -1.16. The Kier molecular flexibility index (Phi) is 8.13. The molecule has 1 N–H and O–H groups in total. The molecule has 0 saturated carbocycles. The van der Waals surface area contributed by atoms with E-state index in [0.29, 0.717) is 13.4 Å². The molecule has 0 aliphatic heterocycles. The van der Waals surface area contributed by atoms with E-state index in [0.717, 1.165) is 18.4 Å². The third kappa shape index (κ3) is 7.22. The van der Waals surface area contributed by atoms with Crippen LogP contribution < -0.4 is 0 Å². The lowest BCUT2D eigenvalue weighted by Gasteiger charge is -2.09. The first-order valence-electron chi connectivity index (χ1n) is 6.33. The van der Waals surface area contributed by atoms with E-state index in [2.05, 4.69) is 0 Å². The van der Waals surface area contributed by atoms with Crippen molar-refractivity contribution in [3.8, 4) is 0 Å². The van der Waals surface area contributed by atoms with Crippen molar-refractivity contribution in [2.45, 2.75) is 32.5 Å². The van der Waals surface area contributed by atoms with E-state index in [1.165, 1.54) is 0 Å². The fourth-order valence-corrected chi connectivity index (χ4v) is 1.44. The number of allylic oxidation sites excluding steroid dienone is 1. The van der Waals surface area contributed by atoms with E-state index < -0.39 is 0 Å². The predicted molar refractivity (Wildman–Crippen MR) is 72.1 cm³/mol. The van der Waals surface area contributed by atoms with Gasteiger partial charge in [0.2, 0.25) is 0 Å². The Labute approximate surface area is 109 Å². The van der Waals surface area contributed by atoms with Crippen LogP contribution in [0.5, 0.6) is 0 Å². The molecule has 1 aromatic rings. The molecule has 0 spiro atoms. The minimum Gasteiger partial charge on any atom is -0.396 e. The predicted octanol–water partition coefficient (Wildman–Crippen LogP) is 2.89. The van der Waals surface area contributed by atoms with Crippen LogP contribution in [0, 0.1) is 0 Å². The second-order valence-corrected chi connectivity index (χ2v) is 4.12. The van der Waals surface area contributed by atoms with Crippen LogP contribution in [0.2, 0.25) is 0 Å². The van der Waals surface area contributed by atoms with Gasteiger partial charge in [0.05, 0.1) is 12.7 Å². The highest BCUT2D eigenvalue weighted by molar-refractivity contribution is 5.13. The van der Waals surface area contributed by atoms with E-state index >= 15 is 0 Å². The van der Waals surface area contributed by atoms with Gasteiger partial charge in [-0.1, -0.05) is 42.5 Å². The minimum absolute atomic E-state index is 0.0412. The maximum Gasteiger partial charge on any atom is 0.147 e. The van der Waals surface area contributed by atoms with Gasteiger partial charge >= 0.3 is 0 Å². The average molecular weight is 250 g/mol. The van der Waals surface area contributed by atoms with Gasteiger partial charge in [-0.05, 0) is 25.3 Å². The fraction of sp³-hybridized carbons (Fsp3) is 0.467. The van der Waals surface area contributed by atoms with Gasteiger partial charge in [-0.3, -0.25) is 0 Å². The lowest BCUT2D eigenvalue weighted by Crippen LogP contribution is -2.08. The lowest BCUT2D eigenvalue weighted by atomic mass is 10.2. The first kappa shape index (κ1) is 14.9. The summed E-state index contributed by atoms with van der Waals surface area (Å²) in [6.45, 7) is 3.07. The number of ether oxygens (including phenoxy) is 2. The molecule has 0 fully saturated rings. The summed E-state index contributed by atoms with van der Waals surface area (Å²) >= 11 is 0. The molecule has 0 aromatic heterocycles. The van der Waals surface area contributed by atoms with Gasteiger partial charge in [0.15, 0.2) is 0 Å². The summed E-state index contributed by atoms with van der Waals surface area (Å²) in [5.74, 6) is 0. The average Bonchev–Trinajstić information content (AvgIpc) is 2.41. The summed E-state index contributed by atoms with van der Waals surface area (Å²) in [5.41, 5.74) is 1.15. The zero-order valence-electron chi connectivity index (χ0n) is 10.9. The molecule has 0 unspecified atom stereocenters. The molecule has 0 aliphatic rings. The summed E-state index contributed by atoms with van der Waals surface area (Å²) in [5, 5.41) is 8.63. The third-order valence-electron chi connectivity index (χ3n) is 2.46. The number of unbranched alkanes of at least 4 members (excludes halogenated alkanes) is 1. The third-order valence-corrected chi connectivity index (χ3v) is 2.46. The van der Waals surface area contributed by atoms with E-state index in [1.54, 1.807) is 0 Å². The van der Waals surface area contributed by atoms with Crippen molar-refractivity contribution in [3.63, 3.8) is 0 Å². The van der Waals surface area contributed by atoms with Crippen LogP contribution in [0.4, 0.5) is 0 Å². The second kappa shape index (κ2) is 9.83. The van der Waals surface area contributed by atoms with E-state index in [1.807, 2.05) is 49.4 Å². The number of rotatable bonds is 9. The van der Waals surface area contributed by atoms with Crippen LogP contribution in [-0.4, -0.2) is 24.6 Å². The Morgan fingerprint density at radius 2 is 2.06 bits per heavy atom. The van der Waals surface area contributed by atoms with Crippen LogP contribution in [0.15, 0.2) is 42.5 Å². The molecule has 3 nitrogen and oxygen atoms in total. The molecular weight excluding hydrogens is 228 g/mol. The van der Waals surface area contributed by atoms with E-state index in [9.17, 15) is 0 Å². The summed E-state index contributed by atoms with van der Waals surface area (Å²) in [7, 11) is 0. The smallest absolute Gasteiger partial charge is 0.147 e. The standard InChI is InChI=1S/C15H22O3/c1-14(8-4-3-7-11-16)18-13-17-12-15-9-5-2-6-10-15/h2,4-6,8-10,14,16H,3,7,11-13H2,1H3/b8-4-/t14-/m0/s1. The van der Waals surface area contributed by atoms with Crippen molar-refractivity contribution < 1.29 is 14.6 Å². The van der Waals surface area contributed by atoms with E-state index in [4.69, 9.17) is 14.6 Å². The molecule has 0 radical (unpaired) electrons. The zero-order chi connectivity index (χ0) is 13.1. The Balaban J connectivity index is 2.05. The quantitative estimate of drug-likeness (QED) is 0.416. The largest absolute Gasteiger partial charge is 0.396 e. The molecule has 0 saturated heterocycles. The van der Waals surface area contributed by atoms with Gasteiger partial charge in [0.25, 0.3) is 0 Å². The topological polar surface area (TPSA) is 38.7 Å². The monoisotopic (exact) mass is 250 g/mol. The van der Waals surface area contributed by atoms with Crippen molar-refractivity contribution in [2.24, 2.45) is 0 Å². The molecule has 18 heavy (non-hydrogen) atoms. The summed E-state index contributed by atoms with van der Waals surface area (Å²) in [6, 6.07) is 10.0. The molecule has 0 amide bonds. The maximum absolute atomic E-state index is 8.63. The molecule has 1 atom stereocenters. The van der Waals surface area contributed by atoms with Crippen molar-refractivity contribution in [1.82, 2.24) is 0 Å². The van der Waals surface area contributed by atoms with Crippen LogP contribution in [0.1, 0.15) is 25.3 Å². The number of benzene rings is 1. The minimum atomic E-state index is 0.0412. The van der Waals surface area contributed by atoms with Crippen molar-refractivity contribution in [3.05, 3.63) is 48.0 Å². The molecular formula is C15H22O3. The van der Waals surface area contributed by atoms with Crippen LogP contribution >= 0.6 is 0 Å². The summed E-state index contributed by atoms with van der Waals surface area (Å²) in [4.78, 5) is 0. The molecule has 0 heterocycles. The highest BCUT2D eigenvalue weighted by Crippen LogP contribution is 2.02. The van der Waals surface area contributed by atoms with Gasteiger partial charge < -0.3 is 14.6 Å². The lowest BCUT2D eigenvalue weighted by molar-refractivity contribution is -0.0775. The first-order chi connectivity index (χ1) is 8.83. The Morgan fingerprint density at radius 1 is 1.28 bits per heavy atom. The van der Waals surface area contributed by atoms with Crippen molar-refractivity contribution in [2.75, 3.05) is 13.4 Å². The number of aliphatic hydroxyl groups is 1. The second-order valence-electron chi connectivity index (χ2n) is 4.12. The molecule has 0 aliphatic carbocycles. The van der Waals surface area contributed by atoms with Crippen LogP contribution in [0.25, 0.3) is 0 Å². The van der Waals surface area contributed by atoms with Crippen molar-refractivity contribution in [1.29, 1.82) is 0 Å². The Bertz CT molecular complexity index is 322. The molecule has 1 rings (SSSR count). The Morgan fingerprint density at radius 3 is 2.78 bits per heavy atom. The molecule has 0 bridgehead atoms. The van der Waals surface area contributed by atoms with Gasteiger partial charge in [-0.15, -0.1) is 0 Å². The SMILES string of the molecule is C[C@@H](/C=C\CCCO)OCOCc1ccccc1. The zero-order valence-corrected chi connectivity index (χ0v) is 10.9. The van der Waals surface area contributed by atoms with Gasteiger partial charge in [0, 0.05) is 6.61 Å². The first-order valence-corrected chi connectivity index (χ1v) is 6.33. The van der Waals surface area contributed by atoms with Crippen molar-refractivity contribution >= 4 is 0 Å². The normalized spacial score (nSPS) is 13.0. The molecule has 100 valence electrons. The summed E-state index contributed by atoms with van der Waals surface area (Å²) in [6.07, 6.45) is 5.74. The molecule has 1 aromatic carbocycles. The van der Waals surface area contributed by atoms with Gasteiger partial charge in [-0.25, -0.2) is 0 Å². The van der Waals surface area contributed by atoms with Gasteiger partial charge in [-0.2, -0.15) is 0 Å². The number of hydrogen-bond donors (Lipinski definition) is 1. The summed E-state index contributed by atoms with van der Waals surface area (Å²) < 4.78 is 10.9. The highest BCUT2D eigenvalue weighted by atomic mass is 16.7. The number of hydrogen-bond acceptors (Lipinski definition) is 3. The number of aliphatic hydroxyl groups excluding tert-OH is 1. The fourth-order valence-electron chi connectivity index (χ4n) is 1.44. The van der Waals surface area contributed by atoms with Crippen LogP contribution in [0.3, 0.4) is 0 Å². The van der Waals surface area contributed by atoms with Gasteiger partial charge in [0.1, 0.15) is 6.79 Å². The maximum atomic E-state index is 8.63. The highest BCUT2D eigenvalue weighted by Gasteiger charge is 1.97. The molecule has 3 heteroatoms.